The summed E-state index contributed by atoms with van der Waals surface area (Å²) in [4.78, 5) is 18.8. The summed E-state index contributed by atoms with van der Waals surface area (Å²) in [5, 5.41) is 14.2. The molecule has 9 heteroatoms. The summed E-state index contributed by atoms with van der Waals surface area (Å²) in [6.07, 6.45) is 0. The number of carbonyl (C=O) groups is 1. The minimum Gasteiger partial charge on any atom is -0.476 e. The summed E-state index contributed by atoms with van der Waals surface area (Å²) in [7, 11) is 0. The molecule has 2 N–H and O–H groups in total. The van der Waals surface area contributed by atoms with Gasteiger partial charge in [0.2, 0.25) is 5.88 Å². The Balaban J connectivity index is 1.36. The smallest absolute Gasteiger partial charge is 0.319 e. The number of para-hydroxylation sites is 1. The van der Waals surface area contributed by atoms with Gasteiger partial charge in [0.25, 0.3) is 0 Å². The van der Waals surface area contributed by atoms with Crippen LogP contribution >= 0.6 is 0 Å². The van der Waals surface area contributed by atoms with Crippen LogP contribution in [0.15, 0.2) is 77.0 Å². The Bertz CT molecular complexity index is 1130. The topological polar surface area (TPSA) is 100 Å². The van der Waals surface area contributed by atoms with Crippen molar-refractivity contribution in [1.82, 2.24) is 10.3 Å². The molecule has 0 bridgehead atoms. The van der Waals surface area contributed by atoms with Crippen LogP contribution in [-0.4, -0.2) is 50.5 Å². The Kier molecular flexibility index (Phi) is 8.61. The van der Waals surface area contributed by atoms with Gasteiger partial charge in [0.1, 0.15) is 6.61 Å². The lowest BCUT2D eigenvalue weighted by atomic mass is 10.1. The number of azo groups is 1. The molecule has 35 heavy (non-hydrogen) atoms. The van der Waals surface area contributed by atoms with Crippen LogP contribution in [0.3, 0.4) is 0 Å². The maximum absolute atomic E-state index is 12.1. The van der Waals surface area contributed by atoms with Crippen LogP contribution in [0.25, 0.3) is 0 Å². The molecule has 1 saturated heterocycles. The molecular formula is C26H30N6O3. The molecule has 9 nitrogen and oxygen atoms in total. The number of hydrogen-bond acceptors (Lipinski definition) is 7. The van der Waals surface area contributed by atoms with Crippen LogP contribution in [0.4, 0.5) is 22.0 Å². The number of ether oxygens (including phenoxy) is 2. The Morgan fingerprint density at radius 3 is 2.71 bits per heavy atom. The number of nitrogens with zero attached hydrogens (tertiary/aromatic N) is 4. The van der Waals surface area contributed by atoms with Gasteiger partial charge >= 0.3 is 6.03 Å². The largest absolute Gasteiger partial charge is 0.476 e. The first-order valence-electron chi connectivity index (χ1n) is 11.7. The van der Waals surface area contributed by atoms with Gasteiger partial charge in [0, 0.05) is 36.6 Å². The van der Waals surface area contributed by atoms with E-state index in [4.69, 9.17) is 9.47 Å². The summed E-state index contributed by atoms with van der Waals surface area (Å²) < 4.78 is 11.3. The van der Waals surface area contributed by atoms with E-state index in [2.05, 4.69) is 49.8 Å². The molecule has 182 valence electrons. The number of hydrogen-bond donors (Lipinski definition) is 2. The van der Waals surface area contributed by atoms with E-state index in [1.165, 1.54) is 5.56 Å². The summed E-state index contributed by atoms with van der Waals surface area (Å²) in [5.74, 6) is 0.912. The van der Waals surface area contributed by atoms with E-state index < -0.39 is 0 Å². The predicted octanol–water partition coefficient (Wildman–Crippen LogP) is 4.71. The van der Waals surface area contributed by atoms with E-state index in [0.717, 1.165) is 30.0 Å². The highest BCUT2D eigenvalue weighted by Gasteiger charge is 2.14. The number of aromatic nitrogens is 1. The zero-order chi connectivity index (χ0) is 24.3. The summed E-state index contributed by atoms with van der Waals surface area (Å²) in [5.41, 5.74) is 3.96. The number of morpholine rings is 1. The molecular weight excluding hydrogens is 444 g/mol. The fourth-order valence-corrected chi connectivity index (χ4v) is 3.62. The molecule has 1 fully saturated rings. The molecule has 1 aliphatic rings. The van der Waals surface area contributed by atoms with Gasteiger partial charge in [-0.1, -0.05) is 48.0 Å². The van der Waals surface area contributed by atoms with Crippen molar-refractivity contribution in [1.29, 1.82) is 0 Å². The number of aryl methyl sites for hydroxylation is 1. The Morgan fingerprint density at radius 2 is 1.91 bits per heavy atom. The highest BCUT2D eigenvalue weighted by Crippen LogP contribution is 2.26. The fraction of sp³-hybridized carbons (Fsp3) is 0.308. The molecule has 1 aromatic heterocycles. The lowest BCUT2D eigenvalue weighted by molar-refractivity contribution is 0.122. The average molecular weight is 475 g/mol. The summed E-state index contributed by atoms with van der Waals surface area (Å²) in [6.45, 7) is 6.02. The summed E-state index contributed by atoms with van der Waals surface area (Å²) >= 11 is 0. The molecule has 0 unspecified atom stereocenters. The molecule has 0 radical (unpaired) electrons. The van der Waals surface area contributed by atoms with Crippen LogP contribution in [0, 0.1) is 6.92 Å². The molecule has 4 rings (SSSR count). The quantitative estimate of drug-likeness (QED) is 0.346. The second kappa shape index (κ2) is 12.5. The number of pyridine rings is 1. The SMILES string of the molecule is Cc1cccc(CN=Nc2cc(N3CCOCC3)cc(OCCNC(=O)Nc3ccccc3)n2)c1. The van der Waals surface area contributed by atoms with Crippen LogP contribution in [0.2, 0.25) is 0 Å². The van der Waals surface area contributed by atoms with Crippen molar-refractivity contribution in [2.75, 3.05) is 49.7 Å². The van der Waals surface area contributed by atoms with E-state index in [9.17, 15) is 4.79 Å². The third-order valence-corrected chi connectivity index (χ3v) is 5.33. The minimum atomic E-state index is -0.291. The van der Waals surface area contributed by atoms with Crippen LogP contribution in [-0.2, 0) is 11.3 Å². The number of rotatable bonds is 9. The van der Waals surface area contributed by atoms with Gasteiger partial charge in [-0.15, -0.1) is 5.11 Å². The highest BCUT2D eigenvalue weighted by atomic mass is 16.5. The second-order valence-electron chi connectivity index (χ2n) is 8.11. The maximum atomic E-state index is 12.1. The van der Waals surface area contributed by atoms with E-state index in [0.29, 0.717) is 38.0 Å². The van der Waals surface area contributed by atoms with Crippen molar-refractivity contribution < 1.29 is 14.3 Å². The first-order valence-corrected chi connectivity index (χ1v) is 11.7. The molecule has 0 aliphatic carbocycles. The van der Waals surface area contributed by atoms with Crippen molar-refractivity contribution in [3.63, 3.8) is 0 Å². The van der Waals surface area contributed by atoms with E-state index >= 15 is 0 Å². The van der Waals surface area contributed by atoms with Crippen LogP contribution in [0.1, 0.15) is 11.1 Å². The van der Waals surface area contributed by atoms with E-state index in [1.54, 1.807) is 0 Å². The number of carbonyl (C=O) groups excluding carboxylic acids is 1. The Hall–Kier alpha value is -3.98. The van der Waals surface area contributed by atoms with Gasteiger partial charge < -0.3 is 25.0 Å². The molecule has 2 amide bonds. The first kappa shape index (κ1) is 24.2. The fourth-order valence-electron chi connectivity index (χ4n) is 3.62. The first-order chi connectivity index (χ1) is 17.2. The van der Waals surface area contributed by atoms with Gasteiger partial charge in [-0.2, -0.15) is 10.1 Å². The minimum absolute atomic E-state index is 0.266. The zero-order valence-electron chi connectivity index (χ0n) is 19.8. The van der Waals surface area contributed by atoms with Crippen molar-refractivity contribution in [3.8, 4) is 5.88 Å². The molecule has 0 spiro atoms. The van der Waals surface area contributed by atoms with Crippen molar-refractivity contribution in [2.45, 2.75) is 13.5 Å². The predicted molar refractivity (Wildman–Crippen MR) is 136 cm³/mol. The monoisotopic (exact) mass is 474 g/mol. The number of amides is 2. The van der Waals surface area contributed by atoms with E-state index in [-0.39, 0.29) is 12.6 Å². The average Bonchev–Trinajstić information content (AvgIpc) is 2.88. The lowest BCUT2D eigenvalue weighted by Crippen LogP contribution is -2.36. The van der Waals surface area contributed by atoms with Gasteiger partial charge in [-0.25, -0.2) is 4.79 Å². The standard InChI is InChI=1S/C26H30N6O3/c1-20-6-5-7-21(16-20)19-28-31-24-17-23(32-11-14-34-15-12-32)18-25(30-24)35-13-10-27-26(33)29-22-8-3-2-4-9-22/h2-9,16-18H,10-15,19H2,1H3,(H2,27,29,33). The zero-order valence-corrected chi connectivity index (χ0v) is 19.8. The van der Waals surface area contributed by atoms with Crippen molar-refractivity contribution in [2.24, 2.45) is 10.2 Å². The van der Waals surface area contributed by atoms with Crippen LogP contribution < -0.4 is 20.3 Å². The van der Waals surface area contributed by atoms with Gasteiger partial charge in [-0.3, -0.25) is 0 Å². The molecule has 0 saturated carbocycles. The van der Waals surface area contributed by atoms with Crippen molar-refractivity contribution >= 4 is 23.2 Å². The maximum Gasteiger partial charge on any atom is 0.319 e. The lowest BCUT2D eigenvalue weighted by Gasteiger charge is -2.29. The van der Waals surface area contributed by atoms with Gasteiger partial charge in [-0.05, 0) is 24.6 Å². The summed E-state index contributed by atoms with van der Waals surface area (Å²) in [6, 6.07) is 21.0. The second-order valence-corrected chi connectivity index (χ2v) is 8.11. The third-order valence-electron chi connectivity index (χ3n) is 5.33. The molecule has 2 aromatic carbocycles. The Labute approximate surface area is 205 Å². The molecule has 2 heterocycles. The third kappa shape index (κ3) is 7.79. The number of nitrogens with one attached hydrogen (secondary N) is 2. The van der Waals surface area contributed by atoms with Crippen LogP contribution in [0.5, 0.6) is 5.88 Å². The normalized spacial score (nSPS) is 13.6. The Morgan fingerprint density at radius 1 is 1.09 bits per heavy atom. The number of anilines is 2. The highest BCUT2D eigenvalue weighted by molar-refractivity contribution is 5.89. The van der Waals surface area contributed by atoms with E-state index in [1.807, 2.05) is 54.6 Å². The molecule has 3 aromatic rings. The molecule has 0 atom stereocenters. The van der Waals surface area contributed by atoms with Gasteiger partial charge in [0.15, 0.2) is 5.82 Å². The van der Waals surface area contributed by atoms with Crippen molar-refractivity contribution in [3.05, 3.63) is 77.9 Å². The molecule has 1 aliphatic heterocycles. The number of urea groups is 1. The number of benzene rings is 2. The van der Waals surface area contributed by atoms with Gasteiger partial charge in [0.05, 0.1) is 26.3 Å².